The Hall–Kier alpha value is -2.97. The minimum absolute atomic E-state index is 0.136. The van der Waals surface area contributed by atoms with E-state index in [4.69, 9.17) is 4.74 Å². The highest BCUT2D eigenvalue weighted by Crippen LogP contribution is 2.23. The van der Waals surface area contributed by atoms with Crippen molar-refractivity contribution in [3.05, 3.63) is 119 Å². The molecule has 0 aliphatic carbocycles. The summed E-state index contributed by atoms with van der Waals surface area (Å²) in [6.45, 7) is 5.32. The van der Waals surface area contributed by atoms with Crippen molar-refractivity contribution >= 4 is 0 Å². The molecular formula is C30H33FO. The van der Waals surface area contributed by atoms with Gasteiger partial charge in [0, 0.05) is 0 Å². The zero-order valence-electron chi connectivity index (χ0n) is 19.2. The van der Waals surface area contributed by atoms with Crippen LogP contribution in [0.15, 0.2) is 91.0 Å². The molecule has 3 aromatic rings. The van der Waals surface area contributed by atoms with E-state index in [9.17, 15) is 4.39 Å². The Balaban J connectivity index is 1.56. The average Bonchev–Trinajstić information content (AvgIpc) is 2.82. The van der Waals surface area contributed by atoms with Gasteiger partial charge in [0.05, 0.1) is 13.2 Å². The van der Waals surface area contributed by atoms with Gasteiger partial charge in [0.25, 0.3) is 0 Å². The van der Waals surface area contributed by atoms with Gasteiger partial charge in [-0.3, -0.25) is 0 Å². The van der Waals surface area contributed by atoms with Crippen LogP contribution in [0.5, 0.6) is 0 Å². The second-order valence-corrected chi connectivity index (χ2v) is 7.99. The summed E-state index contributed by atoms with van der Waals surface area (Å²) in [6, 6.07) is 22.4. The molecule has 0 aliphatic heterocycles. The summed E-state index contributed by atoms with van der Waals surface area (Å²) in [7, 11) is 0. The quantitative estimate of drug-likeness (QED) is 0.223. The van der Waals surface area contributed by atoms with Crippen LogP contribution in [0.3, 0.4) is 0 Å². The van der Waals surface area contributed by atoms with Gasteiger partial charge in [-0.25, -0.2) is 4.39 Å². The molecule has 0 spiro atoms. The van der Waals surface area contributed by atoms with Crippen molar-refractivity contribution in [1.82, 2.24) is 0 Å². The van der Waals surface area contributed by atoms with E-state index in [1.807, 2.05) is 55.5 Å². The Labute approximate surface area is 192 Å². The molecule has 166 valence electrons. The summed E-state index contributed by atoms with van der Waals surface area (Å²) in [6.07, 6.45) is 11.9. The highest BCUT2D eigenvalue weighted by Gasteiger charge is 2.06. The lowest BCUT2D eigenvalue weighted by atomic mass is 9.98. The molecule has 0 saturated carbocycles. The van der Waals surface area contributed by atoms with Crippen molar-refractivity contribution in [2.24, 2.45) is 0 Å². The Bertz CT molecular complexity index is 1010. The number of halogens is 1. The summed E-state index contributed by atoms with van der Waals surface area (Å²) in [4.78, 5) is 0. The predicted molar refractivity (Wildman–Crippen MR) is 133 cm³/mol. The standard InChI is InChI=1S/C30H33FO/c1-3-5-7-8-24-9-11-25(12-10-24)13-18-28-19-20-29(22-30(28)31)27-16-14-26(15-17-27)23-32-21-6-4-2/h4-7,9-12,14-17,19-20,22H,3,8,13,18,21,23H2,1-2H3. The number of hydrogen-bond acceptors (Lipinski definition) is 1. The van der Waals surface area contributed by atoms with E-state index in [-0.39, 0.29) is 5.82 Å². The maximum Gasteiger partial charge on any atom is 0.127 e. The van der Waals surface area contributed by atoms with E-state index in [0.717, 1.165) is 41.5 Å². The Kier molecular flexibility index (Phi) is 9.46. The summed E-state index contributed by atoms with van der Waals surface area (Å²) < 4.78 is 20.3. The van der Waals surface area contributed by atoms with Crippen LogP contribution in [0.25, 0.3) is 11.1 Å². The van der Waals surface area contributed by atoms with Gasteiger partial charge in [0.15, 0.2) is 0 Å². The molecule has 0 heterocycles. The van der Waals surface area contributed by atoms with E-state index >= 15 is 0 Å². The molecule has 0 unspecified atom stereocenters. The maximum absolute atomic E-state index is 14.8. The van der Waals surface area contributed by atoms with Crippen LogP contribution >= 0.6 is 0 Å². The van der Waals surface area contributed by atoms with Crippen LogP contribution in [-0.2, 0) is 30.6 Å². The van der Waals surface area contributed by atoms with Crippen molar-refractivity contribution in [1.29, 1.82) is 0 Å². The molecule has 3 rings (SSSR count). The van der Waals surface area contributed by atoms with Gasteiger partial charge >= 0.3 is 0 Å². The maximum atomic E-state index is 14.8. The summed E-state index contributed by atoms with van der Waals surface area (Å²) in [5.41, 5.74) is 6.34. The van der Waals surface area contributed by atoms with Crippen molar-refractivity contribution < 1.29 is 9.13 Å². The number of aryl methyl sites for hydroxylation is 2. The molecule has 0 radical (unpaired) electrons. The highest BCUT2D eigenvalue weighted by molar-refractivity contribution is 5.64. The first-order valence-electron chi connectivity index (χ1n) is 11.5. The van der Waals surface area contributed by atoms with Crippen LogP contribution in [-0.4, -0.2) is 6.61 Å². The number of ether oxygens (including phenoxy) is 1. The van der Waals surface area contributed by atoms with Gasteiger partial charge < -0.3 is 4.74 Å². The molecule has 0 aliphatic rings. The minimum Gasteiger partial charge on any atom is -0.373 e. The average molecular weight is 429 g/mol. The summed E-state index contributed by atoms with van der Waals surface area (Å²) in [5, 5.41) is 0. The topological polar surface area (TPSA) is 9.23 Å². The zero-order valence-corrected chi connectivity index (χ0v) is 19.2. The predicted octanol–water partition coefficient (Wildman–Crippen LogP) is 7.88. The lowest BCUT2D eigenvalue weighted by Gasteiger charge is -2.09. The lowest BCUT2D eigenvalue weighted by Crippen LogP contribution is -1.96. The molecule has 1 nitrogen and oxygen atoms in total. The Morgan fingerprint density at radius 1 is 0.750 bits per heavy atom. The monoisotopic (exact) mass is 428 g/mol. The van der Waals surface area contributed by atoms with Gasteiger partial charge in [0.1, 0.15) is 5.82 Å². The number of hydrogen-bond donors (Lipinski definition) is 0. The number of allylic oxidation sites excluding steroid dienone is 3. The molecule has 0 saturated heterocycles. The van der Waals surface area contributed by atoms with Crippen molar-refractivity contribution in [3.8, 4) is 11.1 Å². The van der Waals surface area contributed by atoms with E-state index < -0.39 is 0 Å². The van der Waals surface area contributed by atoms with Gasteiger partial charge in [0.2, 0.25) is 0 Å². The van der Waals surface area contributed by atoms with Crippen LogP contribution in [0.1, 0.15) is 42.5 Å². The Morgan fingerprint density at radius 2 is 1.44 bits per heavy atom. The van der Waals surface area contributed by atoms with Crippen LogP contribution in [0.4, 0.5) is 4.39 Å². The lowest BCUT2D eigenvalue weighted by molar-refractivity contribution is 0.148. The largest absolute Gasteiger partial charge is 0.373 e. The van der Waals surface area contributed by atoms with E-state index in [1.54, 1.807) is 6.07 Å². The molecule has 32 heavy (non-hydrogen) atoms. The third-order valence-electron chi connectivity index (χ3n) is 5.52. The summed E-state index contributed by atoms with van der Waals surface area (Å²) in [5.74, 6) is -0.136. The normalized spacial score (nSPS) is 11.6. The van der Waals surface area contributed by atoms with Crippen LogP contribution < -0.4 is 0 Å². The fourth-order valence-corrected chi connectivity index (χ4v) is 3.57. The Morgan fingerprint density at radius 3 is 2.12 bits per heavy atom. The van der Waals surface area contributed by atoms with Crippen LogP contribution in [0, 0.1) is 5.82 Å². The number of rotatable bonds is 11. The van der Waals surface area contributed by atoms with E-state index in [2.05, 4.69) is 43.3 Å². The first-order chi connectivity index (χ1) is 15.7. The first-order valence-corrected chi connectivity index (χ1v) is 11.5. The molecule has 0 bridgehead atoms. The molecular weight excluding hydrogens is 395 g/mol. The van der Waals surface area contributed by atoms with Crippen molar-refractivity contribution in [2.45, 2.75) is 46.1 Å². The third-order valence-corrected chi connectivity index (χ3v) is 5.52. The molecule has 0 fully saturated rings. The van der Waals surface area contributed by atoms with Gasteiger partial charge in [-0.15, -0.1) is 0 Å². The fraction of sp³-hybridized carbons (Fsp3) is 0.267. The second-order valence-electron chi connectivity index (χ2n) is 7.99. The molecule has 0 aromatic heterocycles. The van der Waals surface area contributed by atoms with E-state index in [1.165, 1.54) is 11.1 Å². The zero-order chi connectivity index (χ0) is 22.6. The van der Waals surface area contributed by atoms with Crippen molar-refractivity contribution in [2.75, 3.05) is 6.61 Å². The third kappa shape index (κ3) is 7.32. The van der Waals surface area contributed by atoms with E-state index in [0.29, 0.717) is 19.6 Å². The van der Waals surface area contributed by atoms with Gasteiger partial charge in [-0.05, 0) is 72.1 Å². The minimum atomic E-state index is -0.136. The molecule has 2 heteroatoms. The highest BCUT2D eigenvalue weighted by atomic mass is 19.1. The van der Waals surface area contributed by atoms with Crippen LogP contribution in [0.2, 0.25) is 0 Å². The first kappa shape index (κ1) is 23.7. The smallest absolute Gasteiger partial charge is 0.127 e. The SMILES string of the molecule is CC=CCOCc1ccc(-c2ccc(CCc3ccc(CC=CCC)cc3)c(F)c2)cc1. The van der Waals surface area contributed by atoms with Gasteiger partial charge in [-0.2, -0.15) is 0 Å². The number of benzene rings is 3. The molecule has 0 atom stereocenters. The molecule has 0 N–H and O–H groups in total. The summed E-state index contributed by atoms with van der Waals surface area (Å²) >= 11 is 0. The van der Waals surface area contributed by atoms with Crippen molar-refractivity contribution in [3.63, 3.8) is 0 Å². The molecule has 0 amide bonds. The molecule has 3 aromatic carbocycles. The second kappa shape index (κ2) is 12.8. The van der Waals surface area contributed by atoms with Gasteiger partial charge in [-0.1, -0.05) is 91.9 Å². The fourth-order valence-electron chi connectivity index (χ4n) is 3.57.